The molecule has 0 aliphatic carbocycles. The van der Waals surface area contributed by atoms with Crippen molar-refractivity contribution in [1.29, 1.82) is 0 Å². The number of halogens is 2. The van der Waals surface area contributed by atoms with E-state index >= 15 is 0 Å². The summed E-state index contributed by atoms with van der Waals surface area (Å²) < 4.78 is 25.6. The molecule has 0 aliphatic heterocycles. The summed E-state index contributed by atoms with van der Waals surface area (Å²) in [6.45, 7) is 1.96. The van der Waals surface area contributed by atoms with E-state index in [0.29, 0.717) is 15.7 Å². The fourth-order valence-corrected chi connectivity index (χ4v) is 3.59. The van der Waals surface area contributed by atoms with Crippen LogP contribution >= 0.6 is 15.9 Å². The SMILES string of the molecule is Cc1ccc(NC(=O)C[S@](=O)Cc2ccc(F)cc2Br)cc1. The van der Waals surface area contributed by atoms with Gasteiger partial charge in [-0.1, -0.05) is 39.7 Å². The van der Waals surface area contributed by atoms with Crippen LogP contribution < -0.4 is 5.32 Å². The summed E-state index contributed by atoms with van der Waals surface area (Å²) in [4.78, 5) is 11.9. The highest BCUT2D eigenvalue weighted by Crippen LogP contribution is 2.19. The van der Waals surface area contributed by atoms with E-state index in [1.807, 2.05) is 19.1 Å². The van der Waals surface area contributed by atoms with Crippen molar-refractivity contribution in [3.05, 3.63) is 63.9 Å². The topological polar surface area (TPSA) is 46.2 Å². The van der Waals surface area contributed by atoms with E-state index in [1.54, 1.807) is 18.2 Å². The molecule has 2 aromatic carbocycles. The van der Waals surface area contributed by atoms with Gasteiger partial charge in [-0.3, -0.25) is 9.00 Å². The molecular weight excluding hydrogens is 369 g/mol. The first-order valence-electron chi connectivity index (χ1n) is 6.59. The summed E-state index contributed by atoms with van der Waals surface area (Å²) in [6.07, 6.45) is 0. The van der Waals surface area contributed by atoms with Crippen molar-refractivity contribution in [3.8, 4) is 0 Å². The Hall–Kier alpha value is -1.53. The molecule has 0 saturated carbocycles. The van der Waals surface area contributed by atoms with E-state index < -0.39 is 10.8 Å². The molecule has 0 radical (unpaired) electrons. The first-order valence-corrected chi connectivity index (χ1v) is 8.87. The van der Waals surface area contributed by atoms with Crippen molar-refractivity contribution in [2.24, 2.45) is 0 Å². The molecular formula is C16H15BrFNO2S. The van der Waals surface area contributed by atoms with Crippen LogP contribution in [0.2, 0.25) is 0 Å². The zero-order chi connectivity index (χ0) is 16.1. The number of hydrogen-bond acceptors (Lipinski definition) is 2. The van der Waals surface area contributed by atoms with Gasteiger partial charge in [0, 0.05) is 21.0 Å². The highest BCUT2D eigenvalue weighted by atomic mass is 79.9. The predicted molar refractivity (Wildman–Crippen MR) is 90.6 cm³/mol. The van der Waals surface area contributed by atoms with Gasteiger partial charge in [-0.2, -0.15) is 0 Å². The summed E-state index contributed by atoms with van der Waals surface area (Å²) in [6, 6.07) is 11.6. The predicted octanol–water partition coefficient (Wildman–Crippen LogP) is 3.78. The molecule has 1 atom stereocenters. The Bertz CT molecular complexity index is 704. The molecule has 0 aromatic heterocycles. The van der Waals surface area contributed by atoms with Gasteiger partial charge < -0.3 is 5.32 Å². The van der Waals surface area contributed by atoms with Gasteiger partial charge in [-0.05, 0) is 36.8 Å². The lowest BCUT2D eigenvalue weighted by molar-refractivity contribution is -0.113. The van der Waals surface area contributed by atoms with Gasteiger partial charge in [0.05, 0.1) is 5.75 Å². The van der Waals surface area contributed by atoms with E-state index in [4.69, 9.17) is 0 Å². The maximum absolute atomic E-state index is 13.0. The van der Waals surface area contributed by atoms with Crippen LogP contribution in [0.4, 0.5) is 10.1 Å². The Morgan fingerprint density at radius 1 is 1.23 bits per heavy atom. The van der Waals surface area contributed by atoms with Gasteiger partial charge in [-0.15, -0.1) is 0 Å². The highest BCUT2D eigenvalue weighted by molar-refractivity contribution is 9.10. The number of aryl methyl sites for hydroxylation is 1. The van der Waals surface area contributed by atoms with Crippen molar-refractivity contribution >= 4 is 38.3 Å². The minimum atomic E-state index is -1.36. The number of rotatable bonds is 5. The van der Waals surface area contributed by atoms with E-state index in [9.17, 15) is 13.4 Å². The molecule has 0 spiro atoms. The monoisotopic (exact) mass is 383 g/mol. The Kier molecular flexibility index (Phi) is 5.85. The fraction of sp³-hybridized carbons (Fsp3) is 0.188. The van der Waals surface area contributed by atoms with Crippen LogP contribution in [0.1, 0.15) is 11.1 Å². The molecule has 3 nitrogen and oxygen atoms in total. The second-order valence-electron chi connectivity index (χ2n) is 4.88. The van der Waals surface area contributed by atoms with Crippen LogP contribution in [0.5, 0.6) is 0 Å². The number of nitrogens with one attached hydrogen (secondary N) is 1. The molecule has 0 aliphatic rings. The van der Waals surface area contributed by atoms with Crippen molar-refractivity contribution in [2.75, 3.05) is 11.1 Å². The molecule has 2 aromatic rings. The van der Waals surface area contributed by atoms with Crippen molar-refractivity contribution in [3.63, 3.8) is 0 Å². The molecule has 2 rings (SSSR count). The van der Waals surface area contributed by atoms with E-state index in [1.165, 1.54) is 12.1 Å². The average molecular weight is 384 g/mol. The highest BCUT2D eigenvalue weighted by Gasteiger charge is 2.11. The van der Waals surface area contributed by atoms with Crippen molar-refractivity contribution < 1.29 is 13.4 Å². The normalized spacial score (nSPS) is 12.0. The first-order chi connectivity index (χ1) is 10.4. The molecule has 0 saturated heterocycles. The lowest BCUT2D eigenvalue weighted by atomic mass is 10.2. The van der Waals surface area contributed by atoms with Gasteiger partial charge in [-0.25, -0.2) is 4.39 Å². The summed E-state index contributed by atoms with van der Waals surface area (Å²) in [7, 11) is -1.36. The second-order valence-corrected chi connectivity index (χ2v) is 7.19. The van der Waals surface area contributed by atoms with Gasteiger partial charge in [0.25, 0.3) is 0 Å². The zero-order valence-electron chi connectivity index (χ0n) is 11.9. The molecule has 6 heteroatoms. The van der Waals surface area contributed by atoms with Crippen LogP contribution in [0.3, 0.4) is 0 Å². The van der Waals surface area contributed by atoms with Crippen LogP contribution in [0.25, 0.3) is 0 Å². The third-order valence-corrected chi connectivity index (χ3v) is 4.91. The van der Waals surface area contributed by atoms with Crippen LogP contribution in [-0.2, 0) is 21.3 Å². The summed E-state index contributed by atoms with van der Waals surface area (Å²) in [5, 5.41) is 2.71. The molecule has 1 N–H and O–H groups in total. The van der Waals surface area contributed by atoms with Crippen LogP contribution in [-0.4, -0.2) is 15.9 Å². The number of anilines is 1. The molecule has 0 bridgehead atoms. The van der Waals surface area contributed by atoms with Crippen LogP contribution in [0, 0.1) is 12.7 Å². The van der Waals surface area contributed by atoms with Gasteiger partial charge in [0.1, 0.15) is 11.6 Å². The lowest BCUT2D eigenvalue weighted by Crippen LogP contribution is -2.20. The van der Waals surface area contributed by atoms with E-state index in [2.05, 4.69) is 21.2 Å². The third kappa shape index (κ3) is 5.03. The average Bonchev–Trinajstić information content (AvgIpc) is 2.44. The summed E-state index contributed by atoms with van der Waals surface area (Å²) in [5.41, 5.74) is 2.49. The molecule has 0 unspecified atom stereocenters. The maximum Gasteiger partial charge on any atom is 0.237 e. The first kappa shape index (κ1) is 16.8. The molecule has 1 amide bonds. The maximum atomic E-state index is 13.0. The molecule has 0 heterocycles. The number of carbonyl (C=O) groups excluding carboxylic acids is 1. The molecule has 116 valence electrons. The minimum absolute atomic E-state index is 0.0995. The number of benzene rings is 2. The Labute approximate surface area is 139 Å². The quantitative estimate of drug-likeness (QED) is 0.853. The van der Waals surface area contributed by atoms with Crippen LogP contribution in [0.15, 0.2) is 46.9 Å². The van der Waals surface area contributed by atoms with Crippen molar-refractivity contribution in [2.45, 2.75) is 12.7 Å². The molecule has 22 heavy (non-hydrogen) atoms. The number of carbonyl (C=O) groups is 1. The Morgan fingerprint density at radius 3 is 2.55 bits per heavy atom. The Morgan fingerprint density at radius 2 is 1.91 bits per heavy atom. The smallest absolute Gasteiger partial charge is 0.237 e. The van der Waals surface area contributed by atoms with E-state index in [-0.39, 0.29) is 23.2 Å². The molecule has 0 fully saturated rings. The summed E-state index contributed by atoms with van der Waals surface area (Å²) >= 11 is 3.23. The summed E-state index contributed by atoms with van der Waals surface area (Å²) in [5.74, 6) is -0.571. The van der Waals surface area contributed by atoms with E-state index in [0.717, 1.165) is 5.56 Å². The third-order valence-electron chi connectivity index (χ3n) is 2.96. The second kappa shape index (κ2) is 7.65. The Balaban J connectivity index is 1.91. The van der Waals surface area contributed by atoms with Gasteiger partial charge in [0.2, 0.25) is 5.91 Å². The lowest BCUT2D eigenvalue weighted by Gasteiger charge is -2.07. The standard InChI is InChI=1S/C16H15BrFNO2S/c1-11-2-6-14(7-3-11)19-16(20)10-22(21)9-12-4-5-13(18)8-15(12)17/h2-8H,9-10H2,1H3,(H,19,20)/t22-/m1/s1. The largest absolute Gasteiger partial charge is 0.325 e. The fourth-order valence-electron chi connectivity index (χ4n) is 1.84. The number of amides is 1. The van der Waals surface area contributed by atoms with Gasteiger partial charge in [0.15, 0.2) is 0 Å². The van der Waals surface area contributed by atoms with Gasteiger partial charge >= 0.3 is 0 Å². The minimum Gasteiger partial charge on any atom is -0.325 e. The zero-order valence-corrected chi connectivity index (χ0v) is 14.3. The number of hydrogen-bond donors (Lipinski definition) is 1. The van der Waals surface area contributed by atoms with Crippen molar-refractivity contribution in [1.82, 2.24) is 0 Å².